The minimum atomic E-state index is 0.0747. The van der Waals surface area contributed by atoms with Crippen LogP contribution in [-0.2, 0) is 5.41 Å². The molecule has 0 aromatic heterocycles. The summed E-state index contributed by atoms with van der Waals surface area (Å²) in [5.74, 6) is 0. The highest BCUT2D eigenvalue weighted by Crippen LogP contribution is 2.55. The van der Waals surface area contributed by atoms with Gasteiger partial charge >= 0.3 is 0 Å². The molecule has 1 aliphatic rings. The Morgan fingerprint density at radius 3 is 2.00 bits per heavy atom. The predicted molar refractivity (Wildman–Crippen MR) is 138 cm³/mol. The van der Waals surface area contributed by atoms with Gasteiger partial charge in [0, 0.05) is 14.4 Å². The maximum Gasteiger partial charge on any atom is 0.0215 e. The van der Waals surface area contributed by atoms with Gasteiger partial charge in [-0.05, 0) is 53.3 Å². The van der Waals surface area contributed by atoms with E-state index in [1.54, 1.807) is 0 Å². The smallest absolute Gasteiger partial charge is 0.0215 e. The number of unbranched alkanes of at least 4 members (excludes halogenated alkanes) is 8. The molecule has 0 nitrogen and oxygen atoms in total. The van der Waals surface area contributed by atoms with Crippen LogP contribution in [0.4, 0.5) is 0 Å². The molecule has 0 bridgehead atoms. The molecular formula is C27H38Br2. The zero-order valence-electron chi connectivity index (χ0n) is 18.5. The molecule has 1 aliphatic carbocycles. The standard InChI is InChI=1S/C27H38Br2/c1-5-7-9-11-13-17-27(18-14-12-10-8-6-2)25(19-21(3)28)22(4)24-16-15-23(29)20-26(24)27/h15-16,19-20H,3-14,17-18H2,1-2H3/b25-19+. The average molecular weight is 522 g/mol. The van der Waals surface area contributed by atoms with E-state index >= 15 is 0 Å². The van der Waals surface area contributed by atoms with E-state index < -0.39 is 0 Å². The fraction of sp³-hybridized carbons (Fsp3) is 0.556. The van der Waals surface area contributed by atoms with Crippen molar-refractivity contribution in [3.63, 3.8) is 0 Å². The van der Waals surface area contributed by atoms with E-state index in [4.69, 9.17) is 0 Å². The second-order valence-electron chi connectivity index (χ2n) is 8.58. The number of benzene rings is 1. The number of hydrogen-bond acceptors (Lipinski definition) is 0. The highest BCUT2D eigenvalue weighted by molar-refractivity contribution is 9.11. The van der Waals surface area contributed by atoms with Gasteiger partial charge in [-0.25, -0.2) is 0 Å². The lowest BCUT2D eigenvalue weighted by Crippen LogP contribution is -2.25. The molecule has 0 saturated heterocycles. The van der Waals surface area contributed by atoms with Crippen LogP contribution in [0.1, 0.15) is 102 Å². The van der Waals surface area contributed by atoms with Crippen molar-refractivity contribution in [3.8, 4) is 0 Å². The fourth-order valence-corrected chi connectivity index (χ4v) is 5.45. The van der Waals surface area contributed by atoms with E-state index in [-0.39, 0.29) is 5.41 Å². The lowest BCUT2D eigenvalue weighted by molar-refractivity contribution is 0.399. The van der Waals surface area contributed by atoms with Crippen LogP contribution >= 0.6 is 31.9 Å². The van der Waals surface area contributed by atoms with Gasteiger partial charge in [0.25, 0.3) is 0 Å². The van der Waals surface area contributed by atoms with Gasteiger partial charge in [0.15, 0.2) is 0 Å². The SMILES string of the molecule is C=C(Br)/C=C1\C(=C)c2ccc(Br)cc2C1(CCCCCCC)CCCCCCC. The van der Waals surface area contributed by atoms with Crippen LogP contribution in [0, 0.1) is 0 Å². The maximum absolute atomic E-state index is 4.52. The van der Waals surface area contributed by atoms with E-state index in [9.17, 15) is 0 Å². The van der Waals surface area contributed by atoms with Crippen molar-refractivity contribution in [2.24, 2.45) is 0 Å². The van der Waals surface area contributed by atoms with Gasteiger partial charge in [-0.3, -0.25) is 0 Å². The molecule has 2 rings (SSSR count). The summed E-state index contributed by atoms with van der Waals surface area (Å²) >= 11 is 7.34. The van der Waals surface area contributed by atoms with Crippen molar-refractivity contribution in [3.05, 3.63) is 63.1 Å². The van der Waals surface area contributed by atoms with Gasteiger partial charge in [0.2, 0.25) is 0 Å². The van der Waals surface area contributed by atoms with Gasteiger partial charge in [0.05, 0.1) is 0 Å². The number of fused-ring (bicyclic) bond motifs is 1. The van der Waals surface area contributed by atoms with Crippen LogP contribution in [0.25, 0.3) is 5.57 Å². The summed E-state index contributed by atoms with van der Waals surface area (Å²) < 4.78 is 2.12. The summed E-state index contributed by atoms with van der Waals surface area (Å²) in [6, 6.07) is 6.77. The first-order chi connectivity index (χ1) is 14.0. The Bertz CT molecular complexity index is 712. The molecule has 0 aliphatic heterocycles. The molecule has 2 heteroatoms. The number of halogens is 2. The molecule has 0 unspecified atom stereocenters. The predicted octanol–water partition coefficient (Wildman–Crippen LogP) is 10.3. The largest absolute Gasteiger partial charge is 0.0908 e. The van der Waals surface area contributed by atoms with Gasteiger partial charge in [-0.2, -0.15) is 0 Å². The van der Waals surface area contributed by atoms with Crippen molar-refractivity contribution >= 4 is 37.4 Å². The summed E-state index contributed by atoms with van der Waals surface area (Å²) in [6.07, 6.45) is 17.8. The zero-order valence-corrected chi connectivity index (χ0v) is 21.6. The van der Waals surface area contributed by atoms with Crippen molar-refractivity contribution in [2.75, 3.05) is 0 Å². The molecule has 0 radical (unpaired) electrons. The number of rotatable bonds is 13. The van der Waals surface area contributed by atoms with Crippen LogP contribution in [0.5, 0.6) is 0 Å². The molecule has 0 saturated carbocycles. The molecule has 0 amide bonds. The average Bonchev–Trinajstić information content (AvgIpc) is 2.90. The lowest BCUT2D eigenvalue weighted by Gasteiger charge is -2.33. The molecular weight excluding hydrogens is 484 g/mol. The molecule has 160 valence electrons. The normalized spacial score (nSPS) is 16.4. The third-order valence-corrected chi connectivity index (χ3v) is 7.10. The first kappa shape index (κ1) is 24.7. The van der Waals surface area contributed by atoms with Gasteiger partial charge < -0.3 is 0 Å². The van der Waals surface area contributed by atoms with Crippen molar-refractivity contribution in [1.29, 1.82) is 0 Å². The van der Waals surface area contributed by atoms with Crippen molar-refractivity contribution in [2.45, 2.75) is 96.3 Å². The van der Waals surface area contributed by atoms with Gasteiger partial charge in [-0.1, -0.05) is 129 Å². The molecule has 1 aromatic carbocycles. The molecule has 0 N–H and O–H groups in total. The third kappa shape index (κ3) is 6.44. The van der Waals surface area contributed by atoms with E-state index in [2.05, 4.69) is 83.1 Å². The first-order valence-electron chi connectivity index (χ1n) is 11.5. The fourth-order valence-electron chi connectivity index (χ4n) is 4.86. The summed E-state index contributed by atoms with van der Waals surface area (Å²) in [6.45, 7) is 13.2. The molecule has 29 heavy (non-hydrogen) atoms. The highest BCUT2D eigenvalue weighted by atomic mass is 79.9. The Morgan fingerprint density at radius 1 is 0.931 bits per heavy atom. The summed E-state index contributed by atoms with van der Waals surface area (Å²) in [7, 11) is 0. The monoisotopic (exact) mass is 520 g/mol. The maximum atomic E-state index is 4.52. The van der Waals surface area contributed by atoms with Crippen molar-refractivity contribution in [1.82, 2.24) is 0 Å². The topological polar surface area (TPSA) is 0 Å². The lowest BCUT2D eigenvalue weighted by atomic mass is 9.70. The van der Waals surface area contributed by atoms with Crippen molar-refractivity contribution < 1.29 is 0 Å². The second kappa shape index (κ2) is 12.3. The van der Waals surface area contributed by atoms with Gasteiger partial charge in [-0.15, -0.1) is 0 Å². The summed E-state index contributed by atoms with van der Waals surface area (Å²) in [4.78, 5) is 0. The van der Waals surface area contributed by atoms with E-state index in [0.29, 0.717) is 0 Å². The van der Waals surface area contributed by atoms with Crippen LogP contribution in [0.15, 0.2) is 52.0 Å². The minimum Gasteiger partial charge on any atom is -0.0908 e. The quantitative estimate of drug-likeness (QED) is 0.226. The van der Waals surface area contributed by atoms with E-state index in [1.807, 2.05) is 0 Å². The van der Waals surface area contributed by atoms with E-state index in [0.717, 1.165) is 4.48 Å². The Kier molecular flexibility index (Phi) is 10.5. The Labute approximate surface area is 196 Å². The minimum absolute atomic E-state index is 0.0747. The molecule has 1 aromatic rings. The Hall–Kier alpha value is -0.600. The number of hydrogen-bond donors (Lipinski definition) is 0. The zero-order chi connectivity index (χ0) is 21.3. The number of allylic oxidation sites excluding steroid dienone is 4. The second-order valence-corrected chi connectivity index (χ2v) is 10.5. The van der Waals surface area contributed by atoms with Gasteiger partial charge in [0.1, 0.15) is 0 Å². The Morgan fingerprint density at radius 2 is 1.48 bits per heavy atom. The Balaban J connectivity index is 2.37. The molecule has 0 spiro atoms. The van der Waals surface area contributed by atoms with Crippen LogP contribution in [0.3, 0.4) is 0 Å². The summed E-state index contributed by atoms with van der Waals surface area (Å²) in [5, 5.41) is 0. The van der Waals surface area contributed by atoms with Crippen LogP contribution in [-0.4, -0.2) is 0 Å². The third-order valence-electron chi connectivity index (χ3n) is 6.38. The highest BCUT2D eigenvalue weighted by Gasteiger charge is 2.43. The van der Waals surface area contributed by atoms with Crippen LogP contribution in [0.2, 0.25) is 0 Å². The van der Waals surface area contributed by atoms with Crippen LogP contribution < -0.4 is 0 Å². The molecule has 0 heterocycles. The van der Waals surface area contributed by atoms with E-state index in [1.165, 1.54) is 104 Å². The molecule has 0 atom stereocenters. The molecule has 0 fully saturated rings. The first-order valence-corrected chi connectivity index (χ1v) is 13.1. The summed E-state index contributed by atoms with van der Waals surface area (Å²) in [5.41, 5.74) is 5.46.